The second-order valence-corrected chi connectivity index (χ2v) is 7.09. The predicted octanol–water partition coefficient (Wildman–Crippen LogP) is 3.56. The molecule has 1 saturated heterocycles. The van der Waals surface area contributed by atoms with Crippen molar-refractivity contribution in [3.8, 4) is 0 Å². The van der Waals surface area contributed by atoms with E-state index in [0.717, 1.165) is 25.9 Å². The molecule has 4 nitrogen and oxygen atoms in total. The largest absolute Gasteiger partial charge is 0.444 e. The molecule has 0 bridgehead atoms. The Hall–Kier alpha value is -1.55. The van der Waals surface area contributed by atoms with Crippen LogP contribution in [0.3, 0.4) is 0 Å². The minimum Gasteiger partial charge on any atom is -0.444 e. The van der Waals surface area contributed by atoms with Crippen LogP contribution in [0, 0.1) is 0 Å². The Morgan fingerprint density at radius 2 is 2.00 bits per heavy atom. The molecule has 1 aromatic rings. The van der Waals surface area contributed by atoms with Gasteiger partial charge in [0, 0.05) is 18.6 Å². The van der Waals surface area contributed by atoms with E-state index in [9.17, 15) is 4.79 Å². The van der Waals surface area contributed by atoms with Gasteiger partial charge in [-0.05, 0) is 52.6 Å². The minimum atomic E-state index is -0.453. The summed E-state index contributed by atoms with van der Waals surface area (Å²) in [6.07, 6.45) is 1.79. The van der Waals surface area contributed by atoms with Crippen molar-refractivity contribution in [3.63, 3.8) is 0 Å². The zero-order valence-electron chi connectivity index (χ0n) is 14.1. The average molecular weight is 304 g/mol. The Balaban J connectivity index is 1.92. The highest BCUT2D eigenvalue weighted by Crippen LogP contribution is 2.20. The van der Waals surface area contributed by atoms with Crippen LogP contribution < -0.4 is 5.32 Å². The zero-order chi connectivity index (χ0) is 16.2. The normalized spacial score (nSPS) is 23.1. The Morgan fingerprint density at radius 1 is 1.32 bits per heavy atom. The molecule has 1 heterocycles. The Bertz CT molecular complexity index is 482. The third kappa shape index (κ3) is 5.02. The number of hydrogen-bond acceptors (Lipinski definition) is 3. The predicted molar refractivity (Wildman–Crippen MR) is 88.7 cm³/mol. The van der Waals surface area contributed by atoms with Gasteiger partial charge >= 0.3 is 6.09 Å². The molecule has 0 saturated carbocycles. The minimum absolute atomic E-state index is 0.146. The van der Waals surface area contributed by atoms with E-state index in [2.05, 4.69) is 41.4 Å². The number of nitrogens with zero attached hydrogens (tertiary/aromatic N) is 1. The maximum atomic E-state index is 12.0. The van der Waals surface area contributed by atoms with Crippen LogP contribution in [-0.2, 0) is 11.3 Å². The van der Waals surface area contributed by atoms with Crippen molar-refractivity contribution in [2.24, 2.45) is 0 Å². The molecule has 122 valence electrons. The number of benzene rings is 1. The molecule has 1 aliphatic heterocycles. The lowest BCUT2D eigenvalue weighted by atomic mass is 9.97. The monoisotopic (exact) mass is 304 g/mol. The van der Waals surface area contributed by atoms with Crippen LogP contribution in [0.1, 0.15) is 46.1 Å². The fourth-order valence-electron chi connectivity index (χ4n) is 2.91. The van der Waals surface area contributed by atoms with Gasteiger partial charge in [0.25, 0.3) is 0 Å². The first-order valence-corrected chi connectivity index (χ1v) is 8.12. The van der Waals surface area contributed by atoms with Crippen molar-refractivity contribution in [1.29, 1.82) is 0 Å². The number of likely N-dealkylation sites (tertiary alicyclic amines) is 1. The molecule has 4 heteroatoms. The first-order chi connectivity index (χ1) is 10.3. The molecule has 0 unspecified atom stereocenters. The number of carbonyl (C=O) groups excluding carboxylic acids is 1. The molecule has 1 aliphatic rings. The van der Waals surface area contributed by atoms with E-state index >= 15 is 0 Å². The summed E-state index contributed by atoms with van der Waals surface area (Å²) in [5.41, 5.74) is 0.860. The van der Waals surface area contributed by atoms with Crippen molar-refractivity contribution < 1.29 is 9.53 Å². The van der Waals surface area contributed by atoms with Crippen molar-refractivity contribution in [3.05, 3.63) is 35.9 Å². The first-order valence-electron chi connectivity index (χ1n) is 8.12. The highest BCUT2D eigenvalue weighted by atomic mass is 16.6. The summed E-state index contributed by atoms with van der Waals surface area (Å²) in [6, 6.07) is 10.9. The van der Waals surface area contributed by atoms with Crippen LogP contribution in [0.4, 0.5) is 4.79 Å². The van der Waals surface area contributed by atoms with Gasteiger partial charge in [-0.3, -0.25) is 4.90 Å². The third-order valence-electron chi connectivity index (χ3n) is 4.05. The van der Waals surface area contributed by atoms with E-state index in [1.165, 1.54) is 5.56 Å². The summed E-state index contributed by atoms with van der Waals surface area (Å²) >= 11 is 0. The molecule has 22 heavy (non-hydrogen) atoms. The molecule has 1 N–H and O–H groups in total. The number of carbonyl (C=O) groups is 1. The molecule has 1 aromatic carbocycles. The van der Waals surface area contributed by atoms with Gasteiger partial charge < -0.3 is 10.1 Å². The molecule has 2 atom stereocenters. The lowest BCUT2D eigenvalue weighted by molar-refractivity contribution is 0.0416. The van der Waals surface area contributed by atoms with Crippen molar-refractivity contribution in [2.45, 2.75) is 64.8 Å². The summed E-state index contributed by atoms with van der Waals surface area (Å²) in [7, 11) is 0. The second-order valence-electron chi connectivity index (χ2n) is 7.09. The lowest BCUT2D eigenvalue weighted by Gasteiger charge is -2.39. The van der Waals surface area contributed by atoms with Gasteiger partial charge in [0.1, 0.15) is 5.60 Å². The van der Waals surface area contributed by atoms with E-state index in [4.69, 9.17) is 4.74 Å². The van der Waals surface area contributed by atoms with Crippen LogP contribution in [0.2, 0.25) is 0 Å². The summed E-state index contributed by atoms with van der Waals surface area (Å²) < 4.78 is 5.37. The van der Waals surface area contributed by atoms with Gasteiger partial charge in [-0.1, -0.05) is 30.3 Å². The molecule has 0 radical (unpaired) electrons. The summed E-state index contributed by atoms with van der Waals surface area (Å²) in [5.74, 6) is 0. The lowest BCUT2D eigenvalue weighted by Crippen LogP contribution is -2.54. The zero-order valence-corrected chi connectivity index (χ0v) is 14.1. The van der Waals surface area contributed by atoms with Crippen molar-refractivity contribution in [1.82, 2.24) is 10.2 Å². The fraction of sp³-hybridized carbons (Fsp3) is 0.611. The summed E-state index contributed by atoms with van der Waals surface area (Å²) in [6.45, 7) is 9.84. The average Bonchev–Trinajstić information content (AvgIpc) is 2.42. The second kappa shape index (κ2) is 7.14. The number of piperidine rings is 1. The maximum Gasteiger partial charge on any atom is 0.407 e. The highest BCUT2D eigenvalue weighted by molar-refractivity contribution is 5.68. The van der Waals surface area contributed by atoms with E-state index < -0.39 is 5.60 Å². The highest BCUT2D eigenvalue weighted by Gasteiger charge is 2.30. The van der Waals surface area contributed by atoms with E-state index in [1.807, 2.05) is 26.8 Å². The van der Waals surface area contributed by atoms with Gasteiger partial charge in [0.05, 0.1) is 0 Å². The van der Waals surface area contributed by atoms with Crippen LogP contribution in [-0.4, -0.2) is 35.2 Å². The van der Waals surface area contributed by atoms with E-state index in [0.29, 0.717) is 6.04 Å². The van der Waals surface area contributed by atoms with Crippen molar-refractivity contribution >= 4 is 6.09 Å². The summed E-state index contributed by atoms with van der Waals surface area (Å²) in [4.78, 5) is 14.4. The van der Waals surface area contributed by atoms with Crippen molar-refractivity contribution in [2.75, 3.05) is 6.54 Å². The molecule has 2 rings (SSSR count). The van der Waals surface area contributed by atoms with E-state index in [1.54, 1.807) is 0 Å². The standard InChI is InChI=1S/C18H28N2O2/c1-14-16(19-17(21)22-18(2,3)4)11-8-12-20(14)13-15-9-6-5-7-10-15/h5-7,9-10,14,16H,8,11-13H2,1-4H3,(H,19,21)/t14-,16-/m0/s1. The Morgan fingerprint density at radius 3 is 2.64 bits per heavy atom. The Kier molecular flexibility index (Phi) is 5.46. The van der Waals surface area contributed by atoms with Gasteiger partial charge in [-0.25, -0.2) is 4.79 Å². The number of amides is 1. The van der Waals surface area contributed by atoms with Gasteiger partial charge in [-0.2, -0.15) is 0 Å². The summed E-state index contributed by atoms with van der Waals surface area (Å²) in [5, 5.41) is 3.04. The third-order valence-corrected chi connectivity index (χ3v) is 4.05. The quantitative estimate of drug-likeness (QED) is 0.928. The SMILES string of the molecule is C[C@H]1[C@@H](NC(=O)OC(C)(C)C)CCCN1Cc1ccccc1. The molecular formula is C18H28N2O2. The van der Waals surface area contributed by atoms with Crippen LogP contribution in [0.5, 0.6) is 0 Å². The number of ether oxygens (including phenoxy) is 1. The van der Waals surface area contributed by atoms with Gasteiger partial charge in [0.2, 0.25) is 0 Å². The molecule has 1 fully saturated rings. The van der Waals surface area contributed by atoms with Crippen LogP contribution >= 0.6 is 0 Å². The first kappa shape index (κ1) is 16.8. The number of alkyl carbamates (subject to hydrolysis) is 1. The van der Waals surface area contributed by atoms with E-state index in [-0.39, 0.29) is 12.1 Å². The molecule has 0 aliphatic carbocycles. The van der Waals surface area contributed by atoms with Crippen LogP contribution in [0.25, 0.3) is 0 Å². The molecule has 0 aromatic heterocycles. The van der Waals surface area contributed by atoms with Gasteiger partial charge in [0.15, 0.2) is 0 Å². The Labute approximate surface area is 133 Å². The number of rotatable bonds is 3. The maximum absolute atomic E-state index is 12.0. The molecule has 1 amide bonds. The molecular weight excluding hydrogens is 276 g/mol. The van der Waals surface area contributed by atoms with Gasteiger partial charge in [-0.15, -0.1) is 0 Å². The fourth-order valence-corrected chi connectivity index (χ4v) is 2.91. The smallest absolute Gasteiger partial charge is 0.407 e. The number of nitrogens with one attached hydrogen (secondary N) is 1. The molecule has 0 spiro atoms. The topological polar surface area (TPSA) is 41.6 Å². The number of hydrogen-bond donors (Lipinski definition) is 1. The van der Waals surface area contributed by atoms with Crippen LogP contribution in [0.15, 0.2) is 30.3 Å².